The summed E-state index contributed by atoms with van der Waals surface area (Å²) in [6, 6.07) is 0. The number of piperazine rings is 1. The highest BCUT2D eigenvalue weighted by atomic mass is 127. The Kier molecular flexibility index (Phi) is 14.0. The third-order valence-electron chi connectivity index (χ3n) is 4.08. The molecule has 1 fully saturated rings. The number of likely N-dealkylation sites (N-methyl/N-ethyl adjacent to an activating group) is 1. The van der Waals surface area contributed by atoms with Crippen molar-refractivity contribution in [2.45, 2.75) is 33.6 Å². The maximum absolute atomic E-state index is 11.8. The molecule has 1 N–H and O–H groups in total. The zero-order valence-electron chi connectivity index (χ0n) is 16.3. The Bertz CT molecular complexity index is 387. The maximum Gasteiger partial charge on any atom is 0.409 e. The molecule has 0 spiro atoms. The van der Waals surface area contributed by atoms with Crippen molar-refractivity contribution < 1.29 is 9.53 Å². The summed E-state index contributed by atoms with van der Waals surface area (Å²) in [6.07, 6.45) is 2.24. The number of guanidine groups is 1. The van der Waals surface area contributed by atoms with Gasteiger partial charge in [-0.15, -0.1) is 24.0 Å². The van der Waals surface area contributed by atoms with E-state index in [0.717, 1.165) is 45.2 Å². The van der Waals surface area contributed by atoms with Crippen LogP contribution in [0.15, 0.2) is 4.99 Å². The van der Waals surface area contributed by atoms with E-state index in [4.69, 9.17) is 9.73 Å². The summed E-state index contributed by atoms with van der Waals surface area (Å²) in [5, 5.41) is 3.36. The maximum atomic E-state index is 11.8. The molecule has 1 amide bonds. The summed E-state index contributed by atoms with van der Waals surface area (Å²) in [5.74, 6) is 0.949. The van der Waals surface area contributed by atoms with E-state index in [0.29, 0.717) is 19.7 Å². The lowest BCUT2D eigenvalue weighted by atomic mass is 10.3. The van der Waals surface area contributed by atoms with Gasteiger partial charge in [-0.25, -0.2) is 4.79 Å². The number of aliphatic imine (C=N–C) groups is 1. The third-order valence-corrected chi connectivity index (χ3v) is 4.08. The lowest BCUT2D eigenvalue weighted by Crippen LogP contribution is -2.54. The van der Waals surface area contributed by atoms with Gasteiger partial charge in [0.25, 0.3) is 0 Å². The fourth-order valence-electron chi connectivity index (χ4n) is 2.61. The monoisotopic (exact) mass is 469 g/mol. The molecule has 0 aromatic carbocycles. The van der Waals surface area contributed by atoms with Crippen molar-refractivity contribution in [3.63, 3.8) is 0 Å². The number of rotatable bonds is 8. The van der Waals surface area contributed by atoms with Crippen LogP contribution in [-0.4, -0.2) is 92.8 Å². The Morgan fingerprint density at radius 1 is 1.12 bits per heavy atom. The van der Waals surface area contributed by atoms with E-state index < -0.39 is 0 Å². The van der Waals surface area contributed by atoms with Crippen molar-refractivity contribution >= 4 is 36.0 Å². The van der Waals surface area contributed by atoms with Crippen LogP contribution < -0.4 is 5.32 Å². The SMILES string of the molecule is CCCCN(C)CCN=C(NCC)N1CCN(C(=O)OCC)CC1.I. The molecule has 0 bridgehead atoms. The van der Waals surface area contributed by atoms with Crippen LogP contribution in [0.25, 0.3) is 0 Å². The number of ether oxygens (including phenoxy) is 1. The number of carbonyl (C=O) groups is 1. The molecule has 0 aromatic heterocycles. The predicted molar refractivity (Wildman–Crippen MR) is 114 cm³/mol. The minimum absolute atomic E-state index is 0. The standard InChI is InChI=1S/C17H35N5O2.HI/c1-5-8-10-20(4)11-9-19-16(18-6-2)21-12-14-22(15-13-21)17(23)24-7-3;/h5-15H2,1-4H3,(H,18,19);1H. The summed E-state index contributed by atoms with van der Waals surface area (Å²) >= 11 is 0. The van der Waals surface area contributed by atoms with Gasteiger partial charge in [0, 0.05) is 39.3 Å². The lowest BCUT2D eigenvalue weighted by Gasteiger charge is -2.36. The number of carbonyl (C=O) groups excluding carboxylic acids is 1. The van der Waals surface area contributed by atoms with Crippen molar-refractivity contribution in [1.82, 2.24) is 20.0 Å². The van der Waals surface area contributed by atoms with Gasteiger partial charge in [-0.3, -0.25) is 4.99 Å². The normalized spacial score (nSPS) is 15.2. The lowest BCUT2D eigenvalue weighted by molar-refractivity contribution is 0.0914. The first-order chi connectivity index (χ1) is 11.6. The first-order valence-electron chi connectivity index (χ1n) is 9.25. The van der Waals surface area contributed by atoms with E-state index in [-0.39, 0.29) is 30.1 Å². The van der Waals surface area contributed by atoms with Crippen molar-refractivity contribution in [2.24, 2.45) is 4.99 Å². The van der Waals surface area contributed by atoms with Gasteiger partial charge in [-0.1, -0.05) is 13.3 Å². The Morgan fingerprint density at radius 2 is 1.76 bits per heavy atom. The fraction of sp³-hybridized carbons (Fsp3) is 0.882. The Labute approximate surface area is 170 Å². The molecule has 8 heteroatoms. The van der Waals surface area contributed by atoms with E-state index in [1.165, 1.54) is 12.8 Å². The van der Waals surface area contributed by atoms with Crippen molar-refractivity contribution in [3.05, 3.63) is 0 Å². The molecule has 1 aliphatic heterocycles. The second-order valence-electron chi connectivity index (χ2n) is 6.07. The van der Waals surface area contributed by atoms with E-state index in [1.807, 2.05) is 6.92 Å². The van der Waals surface area contributed by atoms with E-state index in [1.54, 1.807) is 4.90 Å². The molecule has 1 aliphatic rings. The van der Waals surface area contributed by atoms with E-state index in [9.17, 15) is 4.79 Å². The second-order valence-corrected chi connectivity index (χ2v) is 6.07. The fourth-order valence-corrected chi connectivity index (χ4v) is 2.61. The highest BCUT2D eigenvalue weighted by Gasteiger charge is 2.23. The van der Waals surface area contributed by atoms with Crippen LogP contribution in [0.1, 0.15) is 33.6 Å². The Balaban J connectivity index is 0.00000576. The number of nitrogens with one attached hydrogen (secondary N) is 1. The smallest absolute Gasteiger partial charge is 0.409 e. The molecule has 0 saturated carbocycles. The second kappa shape index (κ2) is 14.4. The van der Waals surface area contributed by atoms with Crippen LogP contribution in [0, 0.1) is 0 Å². The predicted octanol–water partition coefficient (Wildman–Crippen LogP) is 2.08. The third kappa shape index (κ3) is 9.48. The molecular formula is C17H36IN5O2. The topological polar surface area (TPSA) is 60.4 Å². The molecular weight excluding hydrogens is 433 g/mol. The number of nitrogens with zero attached hydrogens (tertiary/aromatic N) is 4. The minimum Gasteiger partial charge on any atom is -0.450 e. The molecule has 0 radical (unpaired) electrons. The number of halogens is 1. The molecule has 0 aromatic rings. The summed E-state index contributed by atoms with van der Waals surface area (Å²) < 4.78 is 5.07. The quantitative estimate of drug-likeness (QED) is 0.335. The number of hydrogen-bond acceptors (Lipinski definition) is 4. The molecule has 25 heavy (non-hydrogen) atoms. The van der Waals surface area contributed by atoms with Crippen LogP contribution in [-0.2, 0) is 4.74 Å². The largest absolute Gasteiger partial charge is 0.450 e. The van der Waals surface area contributed by atoms with Gasteiger partial charge in [-0.05, 0) is 33.9 Å². The van der Waals surface area contributed by atoms with Crippen LogP contribution in [0.4, 0.5) is 4.79 Å². The van der Waals surface area contributed by atoms with E-state index >= 15 is 0 Å². The van der Waals surface area contributed by atoms with E-state index in [2.05, 4.69) is 36.0 Å². The zero-order valence-corrected chi connectivity index (χ0v) is 18.6. The van der Waals surface area contributed by atoms with Crippen LogP contribution in [0.5, 0.6) is 0 Å². The molecule has 1 saturated heterocycles. The van der Waals surface area contributed by atoms with Crippen molar-refractivity contribution in [3.8, 4) is 0 Å². The number of unbranched alkanes of at least 4 members (excludes halogenated alkanes) is 1. The average molecular weight is 469 g/mol. The van der Waals surface area contributed by atoms with Gasteiger partial charge in [0.1, 0.15) is 0 Å². The average Bonchev–Trinajstić information content (AvgIpc) is 2.59. The minimum atomic E-state index is -0.211. The highest BCUT2D eigenvalue weighted by Crippen LogP contribution is 2.04. The summed E-state index contributed by atoms with van der Waals surface area (Å²) in [5.41, 5.74) is 0. The molecule has 1 heterocycles. The Hall–Kier alpha value is -0.770. The summed E-state index contributed by atoms with van der Waals surface area (Å²) in [4.78, 5) is 22.8. The molecule has 0 aliphatic carbocycles. The summed E-state index contributed by atoms with van der Waals surface area (Å²) in [6.45, 7) is 13.2. The van der Waals surface area contributed by atoms with Gasteiger partial charge in [0.2, 0.25) is 0 Å². The number of amides is 1. The number of hydrogen-bond donors (Lipinski definition) is 1. The summed E-state index contributed by atoms with van der Waals surface area (Å²) in [7, 11) is 2.15. The van der Waals surface area contributed by atoms with Gasteiger partial charge in [0.15, 0.2) is 5.96 Å². The van der Waals surface area contributed by atoms with Crippen LogP contribution >= 0.6 is 24.0 Å². The molecule has 7 nitrogen and oxygen atoms in total. The molecule has 148 valence electrons. The first kappa shape index (κ1) is 24.2. The van der Waals surface area contributed by atoms with Gasteiger partial charge in [-0.2, -0.15) is 0 Å². The van der Waals surface area contributed by atoms with Crippen molar-refractivity contribution in [2.75, 3.05) is 66.0 Å². The highest BCUT2D eigenvalue weighted by molar-refractivity contribution is 14.0. The molecule has 1 rings (SSSR count). The van der Waals surface area contributed by atoms with Gasteiger partial charge in [0.05, 0.1) is 13.2 Å². The van der Waals surface area contributed by atoms with Crippen molar-refractivity contribution in [1.29, 1.82) is 0 Å². The first-order valence-corrected chi connectivity index (χ1v) is 9.25. The molecule has 0 atom stereocenters. The van der Waals surface area contributed by atoms with Gasteiger partial charge < -0.3 is 24.8 Å². The zero-order chi connectivity index (χ0) is 17.8. The Morgan fingerprint density at radius 3 is 2.32 bits per heavy atom. The van der Waals surface area contributed by atoms with Gasteiger partial charge >= 0.3 is 6.09 Å². The van der Waals surface area contributed by atoms with Crippen LogP contribution in [0.3, 0.4) is 0 Å². The van der Waals surface area contributed by atoms with Crippen LogP contribution in [0.2, 0.25) is 0 Å². The molecule has 0 unspecified atom stereocenters.